The first kappa shape index (κ1) is 26.6. The van der Waals surface area contributed by atoms with Crippen molar-refractivity contribution in [3.05, 3.63) is 86.4 Å². The highest BCUT2D eigenvalue weighted by Gasteiger charge is 2.22. The highest BCUT2D eigenvalue weighted by molar-refractivity contribution is 6.32. The minimum Gasteiger partial charge on any atom is -0.457 e. The lowest BCUT2D eigenvalue weighted by atomic mass is 10.0. The molecule has 0 N–H and O–H groups in total. The Labute approximate surface area is 225 Å². The van der Waals surface area contributed by atoms with E-state index in [0.717, 1.165) is 12.3 Å². The lowest BCUT2D eigenvalue weighted by molar-refractivity contribution is -0.147. The number of rotatable bonds is 8. The van der Waals surface area contributed by atoms with Gasteiger partial charge in [-0.15, -0.1) is 5.10 Å². The molecule has 4 heterocycles. The van der Waals surface area contributed by atoms with Crippen molar-refractivity contribution in [3.63, 3.8) is 0 Å². The predicted octanol–water partition coefficient (Wildman–Crippen LogP) is 5.04. The van der Waals surface area contributed by atoms with Crippen LogP contribution in [0.15, 0.2) is 42.7 Å². The number of pyridine rings is 3. The molecule has 4 aromatic rings. The van der Waals surface area contributed by atoms with Crippen LogP contribution in [0.1, 0.15) is 40.2 Å². The molecular formula is C24H18Cl3FN6O3. The Bertz CT molecular complexity index is 1460. The Morgan fingerprint density at radius 1 is 1.05 bits per heavy atom. The van der Waals surface area contributed by atoms with Crippen LogP contribution in [0.4, 0.5) is 4.39 Å². The number of nitrogens with zero attached hydrogens (tertiary/aromatic N) is 6. The number of Topliss-reactive ketones (excluding diaryl/α,β-unsaturated/α-hetero) is 1. The highest BCUT2D eigenvalue weighted by Crippen LogP contribution is 2.26. The number of ether oxygens (including phenoxy) is 1. The molecule has 37 heavy (non-hydrogen) atoms. The molecular weight excluding hydrogens is 546 g/mol. The van der Waals surface area contributed by atoms with Crippen LogP contribution in [-0.4, -0.2) is 41.7 Å². The van der Waals surface area contributed by atoms with E-state index in [-0.39, 0.29) is 39.6 Å². The number of aromatic nitrogens is 6. The summed E-state index contributed by atoms with van der Waals surface area (Å²) in [4.78, 5) is 37.3. The lowest BCUT2D eigenvalue weighted by Crippen LogP contribution is -2.15. The molecule has 13 heteroatoms. The number of aryl methyl sites for hydroxylation is 1. The molecule has 0 aliphatic carbocycles. The van der Waals surface area contributed by atoms with Crippen LogP contribution >= 0.6 is 34.8 Å². The standard InChI is InChI=1S/C24H18Cl3FN6O3/c1-12(16-8-15(28)11-30-24(16)27)37-22(36)9-18-23(32-33-34(18)2)17-4-3-14(10-29-17)19(35)5-13-6-20(25)31-21(26)7-13/h3-4,6-8,10-12H,5,9H2,1-2H3/t12-/m1/s1. The Balaban J connectivity index is 1.47. The third kappa shape index (κ3) is 6.46. The summed E-state index contributed by atoms with van der Waals surface area (Å²) in [7, 11) is 1.62. The summed E-state index contributed by atoms with van der Waals surface area (Å²) in [5, 5.41) is 8.52. The quantitative estimate of drug-likeness (QED) is 0.166. The molecule has 4 rings (SSSR count). The maximum absolute atomic E-state index is 13.5. The van der Waals surface area contributed by atoms with Crippen LogP contribution < -0.4 is 0 Å². The Morgan fingerprint density at radius 3 is 2.46 bits per heavy atom. The van der Waals surface area contributed by atoms with Crippen molar-refractivity contribution >= 4 is 46.6 Å². The van der Waals surface area contributed by atoms with Crippen LogP contribution in [-0.2, 0) is 29.4 Å². The van der Waals surface area contributed by atoms with Gasteiger partial charge in [-0.1, -0.05) is 40.0 Å². The minimum atomic E-state index is -0.832. The van der Waals surface area contributed by atoms with Gasteiger partial charge >= 0.3 is 5.97 Å². The molecule has 0 bridgehead atoms. The molecule has 0 unspecified atom stereocenters. The monoisotopic (exact) mass is 562 g/mol. The number of carbonyl (C=O) groups excluding carboxylic acids is 2. The number of carbonyl (C=O) groups is 2. The normalized spacial score (nSPS) is 11.8. The number of halogens is 4. The van der Waals surface area contributed by atoms with Crippen molar-refractivity contribution < 1.29 is 18.7 Å². The van der Waals surface area contributed by atoms with Gasteiger partial charge in [-0.3, -0.25) is 19.3 Å². The molecule has 0 amide bonds. The fourth-order valence-electron chi connectivity index (χ4n) is 3.54. The Morgan fingerprint density at radius 2 is 1.78 bits per heavy atom. The van der Waals surface area contributed by atoms with E-state index in [1.54, 1.807) is 38.2 Å². The maximum atomic E-state index is 13.5. The van der Waals surface area contributed by atoms with Gasteiger partial charge < -0.3 is 4.74 Å². The second-order valence-corrected chi connectivity index (χ2v) is 9.14. The summed E-state index contributed by atoms with van der Waals surface area (Å²) < 4.78 is 20.4. The van der Waals surface area contributed by atoms with Gasteiger partial charge in [0.25, 0.3) is 0 Å². The van der Waals surface area contributed by atoms with Gasteiger partial charge in [0, 0.05) is 30.8 Å². The van der Waals surface area contributed by atoms with Crippen molar-refractivity contribution in [2.75, 3.05) is 0 Å². The molecule has 9 nitrogen and oxygen atoms in total. The molecule has 190 valence electrons. The van der Waals surface area contributed by atoms with Crippen LogP contribution in [0.25, 0.3) is 11.4 Å². The van der Waals surface area contributed by atoms with Crippen molar-refractivity contribution in [2.45, 2.75) is 25.9 Å². The summed E-state index contributed by atoms with van der Waals surface area (Å²) in [6.07, 6.45) is 1.44. The zero-order valence-corrected chi connectivity index (χ0v) is 21.7. The van der Waals surface area contributed by atoms with E-state index in [1.165, 1.54) is 10.9 Å². The smallest absolute Gasteiger partial charge is 0.312 e. The van der Waals surface area contributed by atoms with Gasteiger partial charge in [-0.05, 0) is 42.8 Å². The topological polar surface area (TPSA) is 113 Å². The van der Waals surface area contributed by atoms with Crippen molar-refractivity contribution in [3.8, 4) is 11.4 Å². The van der Waals surface area contributed by atoms with Gasteiger partial charge in [0.05, 0.1) is 24.0 Å². The highest BCUT2D eigenvalue weighted by atomic mass is 35.5. The summed E-state index contributed by atoms with van der Waals surface area (Å²) >= 11 is 17.8. The van der Waals surface area contributed by atoms with E-state index in [4.69, 9.17) is 39.5 Å². The van der Waals surface area contributed by atoms with E-state index >= 15 is 0 Å². The number of hydrogen-bond acceptors (Lipinski definition) is 8. The molecule has 0 fully saturated rings. The average molecular weight is 564 g/mol. The predicted molar refractivity (Wildman–Crippen MR) is 134 cm³/mol. The molecule has 0 spiro atoms. The molecule has 0 aliphatic rings. The van der Waals surface area contributed by atoms with Crippen molar-refractivity contribution in [1.82, 2.24) is 29.9 Å². The number of hydrogen-bond donors (Lipinski definition) is 0. The van der Waals surface area contributed by atoms with Crippen molar-refractivity contribution in [2.24, 2.45) is 7.05 Å². The van der Waals surface area contributed by atoms with Gasteiger partial charge in [-0.2, -0.15) is 0 Å². The lowest BCUT2D eigenvalue weighted by Gasteiger charge is -2.15. The molecule has 0 radical (unpaired) electrons. The van der Waals surface area contributed by atoms with Gasteiger partial charge in [-0.25, -0.2) is 14.4 Å². The van der Waals surface area contributed by atoms with E-state index < -0.39 is 17.9 Å². The first-order chi connectivity index (χ1) is 17.6. The second kappa shape index (κ2) is 11.3. The van der Waals surface area contributed by atoms with E-state index in [0.29, 0.717) is 28.2 Å². The summed E-state index contributed by atoms with van der Waals surface area (Å²) in [5.74, 6) is -1.40. The van der Waals surface area contributed by atoms with Crippen LogP contribution in [0, 0.1) is 5.82 Å². The van der Waals surface area contributed by atoms with Gasteiger partial charge in [0.1, 0.15) is 33.1 Å². The third-order valence-corrected chi connectivity index (χ3v) is 6.05. The largest absolute Gasteiger partial charge is 0.457 e. The molecule has 0 saturated heterocycles. The fourth-order valence-corrected chi connectivity index (χ4v) is 4.30. The third-order valence-electron chi connectivity index (χ3n) is 5.35. The van der Waals surface area contributed by atoms with E-state index in [1.807, 2.05) is 0 Å². The summed E-state index contributed by atoms with van der Waals surface area (Å²) in [6, 6.07) is 7.51. The van der Waals surface area contributed by atoms with Crippen LogP contribution in [0.3, 0.4) is 0 Å². The van der Waals surface area contributed by atoms with Gasteiger partial charge in [0.15, 0.2) is 5.78 Å². The Kier molecular flexibility index (Phi) is 8.11. The average Bonchev–Trinajstić information content (AvgIpc) is 3.19. The van der Waals surface area contributed by atoms with Crippen molar-refractivity contribution in [1.29, 1.82) is 0 Å². The van der Waals surface area contributed by atoms with E-state index in [2.05, 4.69) is 25.3 Å². The van der Waals surface area contributed by atoms with Gasteiger partial charge in [0.2, 0.25) is 0 Å². The summed E-state index contributed by atoms with van der Waals surface area (Å²) in [5.41, 5.74) is 2.44. The molecule has 1 atom stereocenters. The molecule has 0 aromatic carbocycles. The number of esters is 1. The first-order valence-corrected chi connectivity index (χ1v) is 11.9. The number of ketones is 1. The van der Waals surface area contributed by atoms with Crippen LogP contribution in [0.5, 0.6) is 0 Å². The molecule has 0 saturated carbocycles. The molecule has 0 aliphatic heterocycles. The zero-order valence-electron chi connectivity index (χ0n) is 19.5. The maximum Gasteiger partial charge on any atom is 0.312 e. The second-order valence-electron chi connectivity index (χ2n) is 8.00. The zero-order chi connectivity index (χ0) is 26.7. The summed E-state index contributed by atoms with van der Waals surface area (Å²) in [6.45, 7) is 1.56. The molecule has 4 aromatic heterocycles. The van der Waals surface area contributed by atoms with Crippen LogP contribution in [0.2, 0.25) is 15.5 Å². The SMILES string of the molecule is C[C@@H](OC(=O)Cc1c(-c2ccc(C(=O)Cc3cc(Cl)nc(Cl)c3)cn2)nnn1C)c1cc(F)cnc1Cl. The minimum absolute atomic E-state index is 0.0403. The fraction of sp³-hybridized carbons (Fsp3) is 0.208. The Hall–Kier alpha value is -3.47. The first-order valence-electron chi connectivity index (χ1n) is 10.8. The van der Waals surface area contributed by atoms with E-state index in [9.17, 15) is 14.0 Å².